The molecule has 3 aliphatic rings. The van der Waals surface area contributed by atoms with Gasteiger partial charge in [-0.05, 0) is 50.2 Å². The molecule has 0 spiro atoms. The summed E-state index contributed by atoms with van der Waals surface area (Å²) >= 11 is 0. The Morgan fingerprint density at radius 2 is 1.93 bits per heavy atom. The third kappa shape index (κ3) is 3.88. The molecule has 0 aromatic heterocycles. The van der Waals surface area contributed by atoms with Gasteiger partial charge in [0.25, 0.3) is 0 Å². The highest BCUT2D eigenvalue weighted by atomic mass is 16.2. The van der Waals surface area contributed by atoms with Crippen molar-refractivity contribution in [1.29, 1.82) is 0 Å². The molecule has 29 heavy (non-hydrogen) atoms. The van der Waals surface area contributed by atoms with E-state index in [4.69, 9.17) is 0 Å². The number of carbonyl (C=O) groups is 3. The van der Waals surface area contributed by atoms with Gasteiger partial charge in [-0.15, -0.1) is 0 Å². The van der Waals surface area contributed by atoms with Crippen molar-refractivity contribution in [2.45, 2.75) is 32.6 Å². The Morgan fingerprint density at radius 3 is 2.72 bits per heavy atom. The molecular formula is C22H30N4O3. The average molecular weight is 399 g/mol. The van der Waals surface area contributed by atoms with Crippen LogP contribution in [0, 0.1) is 5.92 Å². The Labute approximate surface area is 172 Å². The van der Waals surface area contributed by atoms with E-state index >= 15 is 0 Å². The van der Waals surface area contributed by atoms with Gasteiger partial charge in [0.1, 0.15) is 0 Å². The van der Waals surface area contributed by atoms with E-state index in [-0.39, 0.29) is 30.1 Å². The number of benzene rings is 1. The first-order chi connectivity index (χ1) is 14.0. The average Bonchev–Trinajstić information content (AvgIpc) is 3.25. The summed E-state index contributed by atoms with van der Waals surface area (Å²) in [4.78, 5) is 45.6. The molecule has 0 saturated carbocycles. The molecule has 2 saturated heterocycles. The minimum absolute atomic E-state index is 0.00901. The van der Waals surface area contributed by atoms with Gasteiger partial charge in [-0.25, -0.2) is 0 Å². The summed E-state index contributed by atoms with van der Waals surface area (Å²) in [5.74, 6) is -0.0217. The summed E-state index contributed by atoms with van der Waals surface area (Å²) in [6.07, 6.45) is 2.55. The molecule has 0 N–H and O–H groups in total. The van der Waals surface area contributed by atoms with Crippen LogP contribution in [-0.4, -0.2) is 73.8 Å². The predicted octanol–water partition coefficient (Wildman–Crippen LogP) is 1.50. The summed E-state index contributed by atoms with van der Waals surface area (Å²) in [5.41, 5.74) is 2.89. The first-order valence-electron chi connectivity index (χ1n) is 10.7. The quantitative estimate of drug-likeness (QED) is 0.774. The van der Waals surface area contributed by atoms with Gasteiger partial charge >= 0.3 is 0 Å². The molecule has 3 amide bonds. The summed E-state index contributed by atoms with van der Waals surface area (Å²) in [6.45, 7) is 6.41. The molecule has 0 bridgehead atoms. The second-order valence-corrected chi connectivity index (χ2v) is 8.35. The van der Waals surface area contributed by atoms with E-state index in [0.717, 1.165) is 56.0 Å². The molecule has 2 fully saturated rings. The maximum atomic E-state index is 13.0. The van der Waals surface area contributed by atoms with Gasteiger partial charge in [-0.1, -0.05) is 6.92 Å². The van der Waals surface area contributed by atoms with Crippen molar-refractivity contribution in [3.05, 3.63) is 23.8 Å². The lowest BCUT2D eigenvalue weighted by Crippen LogP contribution is -2.39. The van der Waals surface area contributed by atoms with E-state index in [2.05, 4.69) is 11.9 Å². The van der Waals surface area contributed by atoms with Crippen LogP contribution in [0.1, 0.15) is 31.7 Å². The van der Waals surface area contributed by atoms with Crippen molar-refractivity contribution < 1.29 is 14.4 Å². The van der Waals surface area contributed by atoms with E-state index < -0.39 is 0 Å². The van der Waals surface area contributed by atoms with Gasteiger partial charge in [0.2, 0.25) is 17.7 Å². The Kier molecular flexibility index (Phi) is 5.58. The fourth-order valence-corrected chi connectivity index (χ4v) is 4.65. The topological polar surface area (TPSA) is 64.2 Å². The molecule has 0 radical (unpaired) electrons. The van der Waals surface area contributed by atoms with E-state index in [1.165, 1.54) is 0 Å². The van der Waals surface area contributed by atoms with Gasteiger partial charge in [-0.3, -0.25) is 14.4 Å². The molecule has 3 aliphatic heterocycles. The van der Waals surface area contributed by atoms with Crippen LogP contribution in [0.15, 0.2) is 18.2 Å². The zero-order valence-corrected chi connectivity index (χ0v) is 17.4. The van der Waals surface area contributed by atoms with Gasteiger partial charge in [0.05, 0.1) is 5.92 Å². The lowest BCUT2D eigenvalue weighted by molar-refractivity contribution is -0.135. The largest absolute Gasteiger partial charge is 0.341 e. The van der Waals surface area contributed by atoms with Crippen molar-refractivity contribution in [2.24, 2.45) is 5.92 Å². The minimum Gasteiger partial charge on any atom is -0.341 e. The van der Waals surface area contributed by atoms with Gasteiger partial charge in [-0.2, -0.15) is 0 Å². The number of hydrogen-bond donors (Lipinski definition) is 0. The van der Waals surface area contributed by atoms with Crippen molar-refractivity contribution >= 4 is 29.1 Å². The van der Waals surface area contributed by atoms with Crippen LogP contribution in [0.5, 0.6) is 0 Å². The molecule has 1 aromatic carbocycles. The number of hydrogen-bond acceptors (Lipinski definition) is 4. The minimum atomic E-state index is -0.266. The molecule has 7 nitrogen and oxygen atoms in total. The lowest BCUT2D eigenvalue weighted by atomic mass is 10.1. The van der Waals surface area contributed by atoms with E-state index in [0.29, 0.717) is 19.5 Å². The normalized spacial score (nSPS) is 22.8. The summed E-state index contributed by atoms with van der Waals surface area (Å²) in [6, 6.07) is 5.87. The Hall–Kier alpha value is -2.41. The van der Waals surface area contributed by atoms with Crippen molar-refractivity contribution in [2.75, 3.05) is 56.1 Å². The molecule has 3 heterocycles. The molecule has 4 rings (SSSR count). The van der Waals surface area contributed by atoms with Crippen LogP contribution < -0.4 is 9.80 Å². The smallest absolute Gasteiger partial charge is 0.228 e. The number of fused-ring (bicyclic) bond motifs is 1. The Balaban J connectivity index is 1.46. The second-order valence-electron chi connectivity index (χ2n) is 8.35. The molecule has 156 valence electrons. The van der Waals surface area contributed by atoms with Crippen LogP contribution in [0.3, 0.4) is 0 Å². The van der Waals surface area contributed by atoms with E-state index in [1.807, 2.05) is 34.9 Å². The number of rotatable bonds is 3. The zero-order chi connectivity index (χ0) is 20.5. The molecular weight excluding hydrogens is 368 g/mol. The van der Waals surface area contributed by atoms with Crippen LogP contribution in [0.25, 0.3) is 0 Å². The van der Waals surface area contributed by atoms with Crippen molar-refractivity contribution in [1.82, 2.24) is 9.80 Å². The standard InChI is InChI=1S/C22H30N4O3/c1-3-20(27)25-10-7-16-13-18(5-6-19(16)25)26-15-17(14-21(26)28)22(29)24-9-4-8-23(2)11-12-24/h5-6,13,17H,3-4,7-12,14-15H2,1-2H3/t17-/m0/s1. The fourth-order valence-electron chi connectivity index (χ4n) is 4.65. The number of carbonyl (C=O) groups excluding carboxylic acids is 3. The monoisotopic (exact) mass is 398 g/mol. The third-order valence-corrected chi connectivity index (χ3v) is 6.38. The summed E-state index contributed by atoms with van der Waals surface area (Å²) in [7, 11) is 2.08. The lowest BCUT2D eigenvalue weighted by Gasteiger charge is -2.24. The first-order valence-corrected chi connectivity index (χ1v) is 10.7. The number of anilines is 2. The molecule has 1 atom stereocenters. The molecule has 0 aliphatic carbocycles. The van der Waals surface area contributed by atoms with Gasteiger partial charge < -0.3 is 19.6 Å². The Bertz CT molecular complexity index is 824. The zero-order valence-electron chi connectivity index (χ0n) is 17.4. The first kappa shape index (κ1) is 19.9. The van der Waals surface area contributed by atoms with Crippen molar-refractivity contribution in [3.8, 4) is 0 Å². The summed E-state index contributed by atoms with van der Waals surface area (Å²) < 4.78 is 0. The molecule has 1 aromatic rings. The fraction of sp³-hybridized carbons (Fsp3) is 0.591. The van der Waals surface area contributed by atoms with Crippen LogP contribution in [0.4, 0.5) is 11.4 Å². The van der Waals surface area contributed by atoms with Crippen LogP contribution in [0.2, 0.25) is 0 Å². The highest BCUT2D eigenvalue weighted by Gasteiger charge is 2.38. The number of nitrogens with zero attached hydrogens (tertiary/aromatic N) is 4. The van der Waals surface area contributed by atoms with E-state index in [1.54, 1.807) is 4.90 Å². The maximum Gasteiger partial charge on any atom is 0.228 e. The molecule has 0 unspecified atom stereocenters. The van der Waals surface area contributed by atoms with E-state index in [9.17, 15) is 14.4 Å². The van der Waals surface area contributed by atoms with Gasteiger partial charge in [0.15, 0.2) is 0 Å². The Morgan fingerprint density at radius 1 is 1.10 bits per heavy atom. The van der Waals surface area contributed by atoms with Gasteiger partial charge in [0, 0.05) is 56.9 Å². The van der Waals surface area contributed by atoms with Crippen molar-refractivity contribution in [3.63, 3.8) is 0 Å². The third-order valence-electron chi connectivity index (χ3n) is 6.38. The highest BCUT2D eigenvalue weighted by molar-refractivity contribution is 6.01. The molecule has 7 heteroatoms. The second kappa shape index (κ2) is 8.14. The maximum absolute atomic E-state index is 13.0. The van der Waals surface area contributed by atoms with Crippen LogP contribution in [-0.2, 0) is 20.8 Å². The summed E-state index contributed by atoms with van der Waals surface area (Å²) in [5, 5.41) is 0. The SMILES string of the molecule is CCC(=O)N1CCc2cc(N3C[C@@H](C(=O)N4CCCN(C)CC4)CC3=O)ccc21. The number of likely N-dealkylation sites (N-methyl/N-ethyl adjacent to an activating group) is 1. The number of amides is 3. The van der Waals surface area contributed by atoms with Crippen LogP contribution >= 0.6 is 0 Å². The predicted molar refractivity (Wildman–Crippen MR) is 112 cm³/mol. The highest BCUT2D eigenvalue weighted by Crippen LogP contribution is 2.34.